The number of benzene rings is 2. The number of aryl methyl sites for hydroxylation is 1. The molecule has 0 aromatic heterocycles. The second-order valence-electron chi connectivity index (χ2n) is 8.40. The lowest BCUT2D eigenvalue weighted by atomic mass is 9.79. The molecule has 1 fully saturated rings. The van der Waals surface area contributed by atoms with E-state index in [9.17, 15) is 18.0 Å². The Morgan fingerprint density at radius 3 is 2.53 bits per heavy atom. The van der Waals surface area contributed by atoms with E-state index in [0.717, 1.165) is 17.7 Å². The molecule has 32 heavy (non-hydrogen) atoms. The van der Waals surface area contributed by atoms with E-state index in [0.29, 0.717) is 37.1 Å². The van der Waals surface area contributed by atoms with E-state index in [1.807, 2.05) is 30.3 Å². The van der Waals surface area contributed by atoms with Crippen LogP contribution in [0.15, 0.2) is 48.5 Å². The molecule has 1 aliphatic rings. The molecule has 0 unspecified atom stereocenters. The van der Waals surface area contributed by atoms with Crippen LogP contribution in [0.1, 0.15) is 55.0 Å². The van der Waals surface area contributed by atoms with Crippen molar-refractivity contribution in [2.75, 3.05) is 19.8 Å². The number of halogens is 3. The van der Waals surface area contributed by atoms with Gasteiger partial charge in [0.25, 0.3) is 0 Å². The van der Waals surface area contributed by atoms with Crippen LogP contribution in [0, 0.1) is 12.8 Å². The number of alkyl halides is 3. The fourth-order valence-electron chi connectivity index (χ4n) is 4.18. The van der Waals surface area contributed by atoms with E-state index >= 15 is 0 Å². The van der Waals surface area contributed by atoms with Crippen LogP contribution in [-0.4, -0.2) is 25.7 Å². The Hall–Kier alpha value is -2.38. The van der Waals surface area contributed by atoms with Gasteiger partial charge in [0.05, 0.1) is 36.3 Å². The summed E-state index contributed by atoms with van der Waals surface area (Å²) in [5.74, 6) is -0.439. The maximum absolute atomic E-state index is 13.2. The quantitative estimate of drug-likeness (QED) is 0.563. The normalized spacial score (nSPS) is 22.4. The second-order valence-corrected chi connectivity index (χ2v) is 8.40. The van der Waals surface area contributed by atoms with E-state index in [1.165, 1.54) is 0 Å². The molecule has 4 nitrogen and oxygen atoms in total. The van der Waals surface area contributed by atoms with E-state index in [4.69, 9.17) is 9.47 Å². The van der Waals surface area contributed by atoms with Crippen LogP contribution in [0.25, 0.3) is 0 Å². The minimum atomic E-state index is -4.40. The van der Waals surface area contributed by atoms with Crippen molar-refractivity contribution in [1.29, 1.82) is 0 Å². The van der Waals surface area contributed by atoms with Gasteiger partial charge in [0.1, 0.15) is 0 Å². The monoisotopic (exact) mass is 449 g/mol. The van der Waals surface area contributed by atoms with Crippen molar-refractivity contribution in [2.24, 2.45) is 5.92 Å². The zero-order valence-electron chi connectivity index (χ0n) is 18.7. The van der Waals surface area contributed by atoms with Crippen LogP contribution < -0.4 is 5.32 Å². The van der Waals surface area contributed by atoms with Gasteiger partial charge in [0.15, 0.2) is 0 Å². The third-order valence-corrected chi connectivity index (χ3v) is 6.03. The zero-order valence-corrected chi connectivity index (χ0v) is 18.7. The van der Waals surface area contributed by atoms with Crippen LogP contribution in [0.3, 0.4) is 0 Å². The van der Waals surface area contributed by atoms with Gasteiger partial charge in [0.2, 0.25) is 0 Å². The highest BCUT2D eigenvalue weighted by molar-refractivity contribution is 5.72. The topological polar surface area (TPSA) is 47.6 Å². The summed E-state index contributed by atoms with van der Waals surface area (Å²) >= 11 is 0. The summed E-state index contributed by atoms with van der Waals surface area (Å²) in [6.45, 7) is 6.26. The molecule has 0 bridgehead atoms. The summed E-state index contributed by atoms with van der Waals surface area (Å²) in [6.07, 6.45) is -3.64. The summed E-state index contributed by atoms with van der Waals surface area (Å²) < 4.78 is 51.0. The first-order valence-electron chi connectivity index (χ1n) is 10.9. The van der Waals surface area contributed by atoms with Gasteiger partial charge in [-0.2, -0.15) is 13.2 Å². The number of nitrogens with one attached hydrogen (secondary N) is 1. The number of ether oxygens (including phenoxy) is 2. The molecular formula is C25H30F3NO3. The predicted octanol–water partition coefficient (Wildman–Crippen LogP) is 5.55. The molecule has 0 aliphatic carbocycles. The molecule has 1 heterocycles. The Labute approximate surface area is 187 Å². The first-order valence-corrected chi connectivity index (χ1v) is 10.9. The van der Waals surface area contributed by atoms with Gasteiger partial charge in [-0.15, -0.1) is 0 Å². The summed E-state index contributed by atoms with van der Waals surface area (Å²) in [4.78, 5) is 12.2. The highest BCUT2D eigenvalue weighted by atomic mass is 19.4. The van der Waals surface area contributed by atoms with Gasteiger partial charge in [-0.05, 0) is 56.9 Å². The van der Waals surface area contributed by atoms with Gasteiger partial charge in [-0.25, -0.2) is 0 Å². The lowest BCUT2D eigenvalue weighted by molar-refractivity contribution is -0.149. The molecule has 174 valence electrons. The van der Waals surface area contributed by atoms with Gasteiger partial charge in [-0.1, -0.05) is 42.0 Å². The molecule has 0 radical (unpaired) electrons. The third-order valence-electron chi connectivity index (χ3n) is 6.03. The Bertz CT molecular complexity index is 906. The zero-order chi connectivity index (χ0) is 23.4. The van der Waals surface area contributed by atoms with Crippen molar-refractivity contribution < 1.29 is 27.4 Å². The van der Waals surface area contributed by atoms with Crippen molar-refractivity contribution >= 4 is 5.97 Å². The molecule has 2 aromatic rings. The van der Waals surface area contributed by atoms with E-state index in [2.05, 4.69) is 5.32 Å². The number of hydrogen-bond acceptors (Lipinski definition) is 4. The van der Waals surface area contributed by atoms with Crippen molar-refractivity contribution in [3.05, 3.63) is 70.8 Å². The lowest BCUT2D eigenvalue weighted by Crippen LogP contribution is -2.53. The second kappa shape index (κ2) is 10.0. The first kappa shape index (κ1) is 24.3. The molecule has 0 saturated carbocycles. The number of rotatable bonds is 7. The van der Waals surface area contributed by atoms with E-state index in [1.54, 1.807) is 26.8 Å². The lowest BCUT2D eigenvalue weighted by Gasteiger charge is -2.41. The van der Waals surface area contributed by atoms with Crippen molar-refractivity contribution in [3.63, 3.8) is 0 Å². The number of carbonyl (C=O) groups excluding carboxylic acids is 1. The number of hydrogen-bond donors (Lipinski definition) is 1. The third kappa shape index (κ3) is 5.70. The Balaban J connectivity index is 1.77. The molecule has 3 atom stereocenters. The summed E-state index contributed by atoms with van der Waals surface area (Å²) in [6, 6.07) is 13.8. The molecule has 1 aliphatic heterocycles. The smallest absolute Gasteiger partial charge is 0.416 e. The fraction of sp³-hybridized carbons (Fsp3) is 0.480. The maximum atomic E-state index is 13.2. The Morgan fingerprint density at radius 2 is 1.94 bits per heavy atom. The molecule has 0 amide bonds. The van der Waals surface area contributed by atoms with E-state index < -0.39 is 23.4 Å². The number of piperidine rings is 1. The standard InChI is InChI=1S/C25H30F3NO3/c1-4-31-23(30)19-10-11-24(29-15-19,21-8-6-5-7-9-21)16-32-18(3)20-12-17(2)13-22(14-20)25(26,27)28/h5-9,12-14,18-19,29H,4,10-11,15-16H2,1-3H3/t18-,19-,24-/m1/s1. The van der Waals surface area contributed by atoms with Crippen LogP contribution in [-0.2, 0) is 26.0 Å². The fourth-order valence-corrected chi connectivity index (χ4v) is 4.18. The largest absolute Gasteiger partial charge is 0.466 e. The van der Waals surface area contributed by atoms with Gasteiger partial charge < -0.3 is 14.8 Å². The molecule has 7 heteroatoms. The van der Waals surface area contributed by atoms with Crippen molar-refractivity contribution in [1.82, 2.24) is 5.32 Å². The molecule has 1 N–H and O–H groups in total. The van der Waals surface area contributed by atoms with Crippen LogP contribution >= 0.6 is 0 Å². The molecule has 2 aromatic carbocycles. The molecule has 1 saturated heterocycles. The van der Waals surface area contributed by atoms with Crippen LogP contribution in [0.5, 0.6) is 0 Å². The minimum Gasteiger partial charge on any atom is -0.466 e. The summed E-state index contributed by atoms with van der Waals surface area (Å²) in [5.41, 5.74) is 0.843. The summed E-state index contributed by atoms with van der Waals surface area (Å²) in [5, 5.41) is 3.49. The minimum absolute atomic E-state index is 0.213. The SMILES string of the molecule is CCOC(=O)[C@@H]1CC[C@@](CO[C@H](C)c2cc(C)cc(C(F)(F)F)c2)(c2ccccc2)NC1. The first-order chi connectivity index (χ1) is 15.1. The predicted molar refractivity (Wildman–Crippen MR) is 116 cm³/mol. The van der Waals surface area contributed by atoms with Gasteiger partial charge in [0, 0.05) is 6.54 Å². The van der Waals surface area contributed by atoms with Gasteiger partial charge >= 0.3 is 12.1 Å². The number of carbonyl (C=O) groups is 1. The highest BCUT2D eigenvalue weighted by Gasteiger charge is 2.40. The van der Waals surface area contributed by atoms with Crippen LogP contribution in [0.2, 0.25) is 0 Å². The Kier molecular flexibility index (Phi) is 7.62. The molecular weight excluding hydrogens is 419 g/mol. The average molecular weight is 450 g/mol. The molecule has 0 spiro atoms. The maximum Gasteiger partial charge on any atom is 0.416 e. The van der Waals surface area contributed by atoms with Gasteiger partial charge in [-0.3, -0.25) is 4.79 Å². The van der Waals surface area contributed by atoms with Crippen LogP contribution in [0.4, 0.5) is 13.2 Å². The average Bonchev–Trinajstić information content (AvgIpc) is 2.77. The highest BCUT2D eigenvalue weighted by Crippen LogP contribution is 2.36. The Morgan fingerprint density at radius 1 is 1.22 bits per heavy atom. The van der Waals surface area contributed by atoms with Crippen molar-refractivity contribution in [2.45, 2.75) is 51.4 Å². The van der Waals surface area contributed by atoms with Crippen molar-refractivity contribution in [3.8, 4) is 0 Å². The van der Waals surface area contributed by atoms with E-state index in [-0.39, 0.29) is 18.5 Å². The number of esters is 1. The summed E-state index contributed by atoms with van der Waals surface area (Å²) in [7, 11) is 0. The molecule has 3 rings (SSSR count).